The van der Waals surface area contributed by atoms with Gasteiger partial charge in [0.15, 0.2) is 0 Å². The fraction of sp³-hybridized carbons (Fsp3) is 0.250. The minimum absolute atomic E-state index is 0.121. The van der Waals surface area contributed by atoms with Crippen molar-refractivity contribution in [2.45, 2.75) is 19.9 Å². The maximum Gasteiger partial charge on any atom is 0.339 e. The van der Waals surface area contributed by atoms with Crippen LogP contribution in [0.2, 0.25) is 0 Å². The van der Waals surface area contributed by atoms with Crippen molar-refractivity contribution in [1.29, 1.82) is 0 Å². The molecule has 0 fully saturated rings. The van der Waals surface area contributed by atoms with Crippen LogP contribution in [0.5, 0.6) is 11.6 Å². The van der Waals surface area contributed by atoms with Crippen LogP contribution in [0.15, 0.2) is 24.4 Å². The molecular formula is C12H12IN3O3. The molecule has 0 aliphatic heterocycles. The van der Waals surface area contributed by atoms with E-state index < -0.39 is 5.97 Å². The normalized spacial score (nSPS) is 10.4. The number of halogens is 1. The number of aryl methyl sites for hydroxylation is 1. The summed E-state index contributed by atoms with van der Waals surface area (Å²) in [4.78, 5) is 11.2. The first-order valence-electron chi connectivity index (χ1n) is 5.71. The van der Waals surface area contributed by atoms with E-state index in [1.54, 1.807) is 22.9 Å². The van der Waals surface area contributed by atoms with E-state index in [-0.39, 0.29) is 11.3 Å². The van der Waals surface area contributed by atoms with E-state index in [9.17, 15) is 9.90 Å². The van der Waals surface area contributed by atoms with Crippen molar-refractivity contribution in [3.05, 3.63) is 33.5 Å². The van der Waals surface area contributed by atoms with Gasteiger partial charge < -0.3 is 9.84 Å². The van der Waals surface area contributed by atoms with Crippen LogP contribution in [-0.2, 0) is 6.54 Å². The van der Waals surface area contributed by atoms with Gasteiger partial charge in [0.2, 0.25) is 5.88 Å². The highest BCUT2D eigenvalue weighted by atomic mass is 127. The summed E-state index contributed by atoms with van der Waals surface area (Å²) >= 11 is 2.06. The van der Waals surface area contributed by atoms with Gasteiger partial charge in [0.05, 0.1) is 0 Å². The van der Waals surface area contributed by atoms with Crippen LogP contribution in [0.25, 0.3) is 0 Å². The summed E-state index contributed by atoms with van der Waals surface area (Å²) in [6.07, 6.45) is 2.36. The number of aromatic carboxylic acids is 1. The summed E-state index contributed by atoms with van der Waals surface area (Å²) < 4.78 is 8.04. The van der Waals surface area contributed by atoms with E-state index in [1.807, 2.05) is 6.92 Å². The zero-order chi connectivity index (χ0) is 13.8. The summed E-state index contributed by atoms with van der Waals surface area (Å²) in [6.45, 7) is 2.68. The van der Waals surface area contributed by atoms with Gasteiger partial charge in [-0.1, -0.05) is 12.1 Å². The molecule has 2 aromatic rings. The minimum Gasteiger partial charge on any atom is -0.478 e. The average molecular weight is 373 g/mol. The van der Waals surface area contributed by atoms with E-state index in [2.05, 4.69) is 32.9 Å². The van der Waals surface area contributed by atoms with E-state index >= 15 is 0 Å². The molecule has 0 radical (unpaired) electrons. The zero-order valence-corrected chi connectivity index (χ0v) is 12.4. The second kappa shape index (κ2) is 6.00. The second-order valence-corrected chi connectivity index (χ2v) is 5.09. The van der Waals surface area contributed by atoms with Gasteiger partial charge in [-0.15, -0.1) is 5.10 Å². The monoisotopic (exact) mass is 373 g/mol. The molecule has 0 unspecified atom stereocenters. The molecule has 0 amide bonds. The smallest absolute Gasteiger partial charge is 0.339 e. The number of carboxylic acids is 1. The number of benzene rings is 1. The van der Waals surface area contributed by atoms with Gasteiger partial charge in [0.25, 0.3) is 0 Å². The maximum atomic E-state index is 11.2. The average Bonchev–Trinajstić information content (AvgIpc) is 2.79. The van der Waals surface area contributed by atoms with Crippen LogP contribution in [0.1, 0.15) is 23.7 Å². The van der Waals surface area contributed by atoms with Crippen molar-refractivity contribution in [1.82, 2.24) is 15.0 Å². The molecule has 0 spiro atoms. The number of ether oxygens (including phenoxy) is 1. The standard InChI is InChI=1S/C12H12IN3O3/c1-2-5-16-11(7-14-15-16)19-10-4-3-8(13)6-9(10)12(17)18/h3-4,6-7H,2,5H2,1H3,(H,17,18). The van der Waals surface area contributed by atoms with Crippen LogP contribution in [0.4, 0.5) is 0 Å². The lowest BCUT2D eigenvalue weighted by molar-refractivity contribution is 0.0694. The Bertz CT molecular complexity index is 598. The number of carbonyl (C=O) groups is 1. The van der Waals surface area contributed by atoms with Crippen molar-refractivity contribution < 1.29 is 14.6 Å². The van der Waals surface area contributed by atoms with Crippen molar-refractivity contribution in [3.63, 3.8) is 0 Å². The molecule has 0 saturated heterocycles. The van der Waals surface area contributed by atoms with Gasteiger partial charge in [-0.05, 0) is 47.2 Å². The van der Waals surface area contributed by atoms with Gasteiger partial charge in [0, 0.05) is 10.1 Å². The first kappa shape index (κ1) is 13.8. The third-order valence-corrected chi connectivity index (χ3v) is 3.08. The predicted molar refractivity (Wildman–Crippen MR) is 76.5 cm³/mol. The van der Waals surface area contributed by atoms with E-state index in [0.29, 0.717) is 12.4 Å². The Morgan fingerprint density at radius 2 is 2.32 bits per heavy atom. The van der Waals surface area contributed by atoms with Crippen molar-refractivity contribution in [2.24, 2.45) is 0 Å². The number of hydrogen-bond donors (Lipinski definition) is 1. The summed E-state index contributed by atoms with van der Waals surface area (Å²) in [5.74, 6) is -0.304. The first-order valence-corrected chi connectivity index (χ1v) is 6.79. The second-order valence-electron chi connectivity index (χ2n) is 3.84. The number of hydrogen-bond acceptors (Lipinski definition) is 4. The van der Waals surface area contributed by atoms with Crippen LogP contribution < -0.4 is 4.74 Å². The highest BCUT2D eigenvalue weighted by Crippen LogP contribution is 2.26. The Hall–Kier alpha value is -1.64. The van der Waals surface area contributed by atoms with Gasteiger partial charge in [0.1, 0.15) is 17.5 Å². The Morgan fingerprint density at radius 3 is 3.00 bits per heavy atom. The zero-order valence-electron chi connectivity index (χ0n) is 10.2. The molecule has 100 valence electrons. The number of nitrogens with zero attached hydrogens (tertiary/aromatic N) is 3. The highest BCUT2D eigenvalue weighted by Gasteiger charge is 2.14. The fourth-order valence-corrected chi connectivity index (χ4v) is 2.06. The molecule has 0 aliphatic rings. The Balaban J connectivity index is 2.32. The number of aromatic nitrogens is 3. The molecule has 1 aromatic carbocycles. The lowest BCUT2D eigenvalue weighted by Gasteiger charge is -2.09. The molecule has 2 rings (SSSR count). The molecule has 0 bridgehead atoms. The highest BCUT2D eigenvalue weighted by molar-refractivity contribution is 14.1. The van der Waals surface area contributed by atoms with Crippen LogP contribution >= 0.6 is 22.6 Å². The third kappa shape index (κ3) is 3.22. The van der Waals surface area contributed by atoms with Crippen LogP contribution in [0.3, 0.4) is 0 Å². The number of rotatable bonds is 5. The Kier molecular flexibility index (Phi) is 4.35. The van der Waals surface area contributed by atoms with Crippen molar-refractivity contribution >= 4 is 28.6 Å². The molecule has 6 nitrogen and oxygen atoms in total. The van der Waals surface area contributed by atoms with Gasteiger partial charge >= 0.3 is 5.97 Å². The van der Waals surface area contributed by atoms with Gasteiger partial charge in [-0.25, -0.2) is 9.48 Å². The fourth-order valence-electron chi connectivity index (χ4n) is 1.57. The van der Waals surface area contributed by atoms with E-state index in [0.717, 1.165) is 9.99 Å². The topological polar surface area (TPSA) is 77.2 Å². The molecule has 1 heterocycles. The third-order valence-electron chi connectivity index (χ3n) is 2.40. The SMILES string of the molecule is CCCn1nncc1Oc1ccc(I)cc1C(=O)O. The lowest BCUT2D eigenvalue weighted by Crippen LogP contribution is -2.05. The van der Waals surface area contributed by atoms with Crippen LogP contribution in [-0.4, -0.2) is 26.1 Å². The molecule has 0 saturated carbocycles. The summed E-state index contributed by atoms with van der Waals surface area (Å²) in [7, 11) is 0. The molecule has 7 heteroatoms. The van der Waals surface area contributed by atoms with Gasteiger partial charge in [-0.2, -0.15) is 0 Å². The molecular weight excluding hydrogens is 361 g/mol. The largest absolute Gasteiger partial charge is 0.478 e. The first-order chi connectivity index (χ1) is 9.11. The summed E-state index contributed by atoms with van der Waals surface area (Å²) in [5.41, 5.74) is 0.121. The Labute approximate surface area is 123 Å². The minimum atomic E-state index is -1.02. The summed E-state index contributed by atoms with van der Waals surface area (Å²) in [6, 6.07) is 4.98. The Morgan fingerprint density at radius 1 is 1.53 bits per heavy atom. The molecule has 0 aliphatic carbocycles. The summed E-state index contributed by atoms with van der Waals surface area (Å²) in [5, 5.41) is 16.8. The van der Waals surface area contributed by atoms with Crippen molar-refractivity contribution in [2.75, 3.05) is 0 Å². The van der Waals surface area contributed by atoms with Gasteiger partial charge in [-0.3, -0.25) is 0 Å². The quantitative estimate of drug-likeness (QED) is 0.816. The molecule has 1 aromatic heterocycles. The van der Waals surface area contributed by atoms with E-state index in [1.165, 1.54) is 6.20 Å². The van der Waals surface area contributed by atoms with Crippen molar-refractivity contribution in [3.8, 4) is 11.6 Å². The van der Waals surface area contributed by atoms with E-state index in [4.69, 9.17) is 4.74 Å². The molecule has 0 atom stereocenters. The van der Waals surface area contributed by atoms with Crippen LogP contribution in [0, 0.1) is 3.57 Å². The molecule has 19 heavy (non-hydrogen) atoms. The predicted octanol–water partition coefficient (Wildman–Crippen LogP) is 2.78. The maximum absolute atomic E-state index is 11.2. The molecule has 1 N–H and O–H groups in total. The number of carboxylic acid groups (broad SMARTS) is 1. The lowest BCUT2D eigenvalue weighted by atomic mass is 10.2.